The molecule has 0 saturated carbocycles. The van der Waals surface area contributed by atoms with E-state index in [4.69, 9.17) is 11.6 Å². The van der Waals surface area contributed by atoms with Gasteiger partial charge in [0.2, 0.25) is 0 Å². The first-order valence-electron chi connectivity index (χ1n) is 5.28. The van der Waals surface area contributed by atoms with E-state index in [0.29, 0.717) is 11.0 Å². The summed E-state index contributed by atoms with van der Waals surface area (Å²) < 4.78 is 0.844. The van der Waals surface area contributed by atoms with E-state index in [1.165, 1.54) is 0 Å². The molecule has 1 aromatic carbocycles. The molecule has 0 spiro atoms. The minimum absolute atomic E-state index is 0.474. The molecule has 0 aliphatic heterocycles. The molecular formula is C13H7ClIN3. The van der Waals surface area contributed by atoms with Crippen molar-refractivity contribution in [2.45, 2.75) is 0 Å². The average Bonchev–Trinajstić information content (AvgIpc) is 2.41. The van der Waals surface area contributed by atoms with Crippen molar-refractivity contribution in [3.63, 3.8) is 0 Å². The Morgan fingerprint density at radius 1 is 1.06 bits per heavy atom. The smallest absolute Gasteiger partial charge is 0.161 e. The van der Waals surface area contributed by atoms with Gasteiger partial charge < -0.3 is 0 Å². The molecule has 0 radical (unpaired) electrons. The lowest BCUT2D eigenvalue weighted by Crippen LogP contribution is -1.93. The molecule has 0 N–H and O–H groups in total. The number of benzene rings is 1. The molecule has 5 heteroatoms. The van der Waals surface area contributed by atoms with Crippen LogP contribution in [-0.2, 0) is 0 Å². The van der Waals surface area contributed by atoms with Gasteiger partial charge in [0.05, 0.1) is 9.09 Å². The summed E-state index contributed by atoms with van der Waals surface area (Å²) in [6.45, 7) is 0. The minimum atomic E-state index is 0.474. The lowest BCUT2D eigenvalue weighted by atomic mass is 10.1. The van der Waals surface area contributed by atoms with Crippen molar-refractivity contribution in [3.8, 4) is 11.4 Å². The zero-order chi connectivity index (χ0) is 12.5. The van der Waals surface area contributed by atoms with Crippen LogP contribution in [0.4, 0.5) is 0 Å². The van der Waals surface area contributed by atoms with Gasteiger partial charge in [-0.1, -0.05) is 29.8 Å². The summed E-state index contributed by atoms with van der Waals surface area (Å²) in [7, 11) is 0. The number of para-hydroxylation sites is 1. The maximum atomic E-state index is 6.04. The topological polar surface area (TPSA) is 38.7 Å². The predicted octanol–water partition coefficient (Wildman–Crippen LogP) is 3.95. The highest BCUT2D eigenvalue weighted by Crippen LogP contribution is 2.26. The van der Waals surface area contributed by atoms with E-state index in [1.807, 2.05) is 30.3 Å². The Hall–Kier alpha value is -1.27. The van der Waals surface area contributed by atoms with Gasteiger partial charge >= 0.3 is 0 Å². The normalized spacial score (nSPS) is 10.8. The standard InChI is InChI=1S/C13H7ClIN3/c14-12-10(15)7-17-13(18-12)9-5-6-16-11-4-2-1-3-8(9)11/h1-7H. The number of nitrogens with zero attached hydrogens (tertiary/aromatic N) is 3. The summed E-state index contributed by atoms with van der Waals surface area (Å²) >= 11 is 8.15. The highest BCUT2D eigenvalue weighted by Gasteiger charge is 2.08. The van der Waals surface area contributed by atoms with Crippen LogP contribution in [0.1, 0.15) is 0 Å². The second-order valence-electron chi connectivity index (χ2n) is 3.71. The predicted molar refractivity (Wildman–Crippen MR) is 80.5 cm³/mol. The van der Waals surface area contributed by atoms with Crippen molar-refractivity contribution < 1.29 is 0 Å². The Morgan fingerprint density at radius 2 is 1.89 bits per heavy atom. The van der Waals surface area contributed by atoms with Gasteiger partial charge in [-0.25, -0.2) is 9.97 Å². The van der Waals surface area contributed by atoms with E-state index >= 15 is 0 Å². The van der Waals surface area contributed by atoms with E-state index in [0.717, 1.165) is 20.0 Å². The third kappa shape index (κ3) is 2.06. The lowest BCUT2D eigenvalue weighted by molar-refractivity contribution is 1.16. The Labute approximate surface area is 122 Å². The van der Waals surface area contributed by atoms with E-state index in [1.54, 1.807) is 12.4 Å². The van der Waals surface area contributed by atoms with Crippen molar-refractivity contribution in [2.75, 3.05) is 0 Å². The van der Waals surface area contributed by atoms with Crippen LogP contribution in [0.25, 0.3) is 22.3 Å². The van der Waals surface area contributed by atoms with Crippen LogP contribution in [0.5, 0.6) is 0 Å². The fraction of sp³-hybridized carbons (Fsp3) is 0. The SMILES string of the molecule is Clc1nc(-c2ccnc3ccccc23)ncc1I. The molecule has 0 bridgehead atoms. The summed E-state index contributed by atoms with van der Waals surface area (Å²) in [6, 6.07) is 9.81. The summed E-state index contributed by atoms with van der Waals surface area (Å²) in [6.07, 6.45) is 3.48. The minimum Gasteiger partial charge on any atom is -0.256 e. The van der Waals surface area contributed by atoms with E-state index in [2.05, 4.69) is 37.5 Å². The first-order chi connectivity index (χ1) is 8.75. The molecule has 0 amide bonds. The van der Waals surface area contributed by atoms with Crippen molar-refractivity contribution in [1.82, 2.24) is 15.0 Å². The van der Waals surface area contributed by atoms with Gasteiger partial charge in [0.25, 0.3) is 0 Å². The number of pyridine rings is 1. The Morgan fingerprint density at radius 3 is 2.72 bits per heavy atom. The number of hydrogen-bond acceptors (Lipinski definition) is 3. The second kappa shape index (κ2) is 4.78. The van der Waals surface area contributed by atoms with Gasteiger partial charge in [-0.05, 0) is 34.7 Å². The number of aromatic nitrogens is 3. The van der Waals surface area contributed by atoms with Gasteiger partial charge in [0.1, 0.15) is 5.15 Å². The summed E-state index contributed by atoms with van der Waals surface area (Å²) in [4.78, 5) is 13.0. The summed E-state index contributed by atoms with van der Waals surface area (Å²) in [5.41, 5.74) is 1.87. The van der Waals surface area contributed by atoms with Crippen molar-refractivity contribution in [1.29, 1.82) is 0 Å². The van der Waals surface area contributed by atoms with Crippen molar-refractivity contribution >= 4 is 45.1 Å². The van der Waals surface area contributed by atoms with Crippen LogP contribution in [0.3, 0.4) is 0 Å². The van der Waals surface area contributed by atoms with Gasteiger partial charge in [-0.3, -0.25) is 4.98 Å². The number of hydrogen-bond donors (Lipinski definition) is 0. The molecule has 0 aliphatic rings. The van der Waals surface area contributed by atoms with Crippen molar-refractivity contribution in [3.05, 3.63) is 51.4 Å². The molecule has 0 atom stereocenters. The highest BCUT2D eigenvalue weighted by atomic mass is 127. The molecule has 18 heavy (non-hydrogen) atoms. The fourth-order valence-electron chi connectivity index (χ4n) is 1.77. The van der Waals surface area contributed by atoms with Crippen molar-refractivity contribution in [2.24, 2.45) is 0 Å². The van der Waals surface area contributed by atoms with Gasteiger partial charge in [-0.2, -0.15) is 0 Å². The summed E-state index contributed by atoms with van der Waals surface area (Å²) in [5, 5.41) is 1.50. The molecule has 88 valence electrons. The summed E-state index contributed by atoms with van der Waals surface area (Å²) in [5.74, 6) is 0.624. The molecule has 3 rings (SSSR count). The number of halogens is 2. The molecule has 0 saturated heterocycles. The van der Waals surface area contributed by atoms with Crippen LogP contribution in [0, 0.1) is 3.57 Å². The van der Waals surface area contributed by atoms with Crippen LogP contribution in [-0.4, -0.2) is 15.0 Å². The molecule has 0 unspecified atom stereocenters. The Balaban J connectivity index is 2.28. The van der Waals surface area contributed by atoms with Crippen LogP contribution in [0.2, 0.25) is 5.15 Å². The lowest BCUT2D eigenvalue weighted by Gasteiger charge is -2.05. The maximum Gasteiger partial charge on any atom is 0.161 e. The van der Waals surface area contributed by atoms with E-state index in [9.17, 15) is 0 Å². The molecule has 3 nitrogen and oxygen atoms in total. The largest absolute Gasteiger partial charge is 0.256 e. The zero-order valence-corrected chi connectivity index (χ0v) is 12.1. The molecular weight excluding hydrogens is 361 g/mol. The molecule has 2 heterocycles. The highest BCUT2D eigenvalue weighted by molar-refractivity contribution is 14.1. The fourth-order valence-corrected chi connectivity index (χ4v) is 2.16. The third-order valence-electron chi connectivity index (χ3n) is 2.59. The number of fused-ring (bicyclic) bond motifs is 1. The Kier molecular flexibility index (Phi) is 3.13. The van der Waals surface area contributed by atoms with E-state index in [-0.39, 0.29) is 0 Å². The number of rotatable bonds is 1. The van der Waals surface area contributed by atoms with Gasteiger partial charge in [-0.15, -0.1) is 0 Å². The molecule has 3 aromatic rings. The van der Waals surface area contributed by atoms with Gasteiger partial charge in [0.15, 0.2) is 5.82 Å². The average molecular weight is 368 g/mol. The molecule has 0 aliphatic carbocycles. The molecule has 0 fully saturated rings. The Bertz CT molecular complexity index is 725. The van der Waals surface area contributed by atoms with Gasteiger partial charge in [0, 0.05) is 23.3 Å². The first kappa shape index (κ1) is 11.8. The quantitative estimate of drug-likeness (QED) is 0.483. The zero-order valence-electron chi connectivity index (χ0n) is 9.14. The van der Waals surface area contributed by atoms with Crippen LogP contribution < -0.4 is 0 Å². The van der Waals surface area contributed by atoms with Crippen LogP contribution >= 0.6 is 34.2 Å². The second-order valence-corrected chi connectivity index (χ2v) is 5.23. The molecule has 2 aromatic heterocycles. The van der Waals surface area contributed by atoms with Crippen LogP contribution in [0.15, 0.2) is 42.7 Å². The first-order valence-corrected chi connectivity index (χ1v) is 6.73. The van der Waals surface area contributed by atoms with E-state index < -0.39 is 0 Å². The monoisotopic (exact) mass is 367 g/mol. The third-order valence-corrected chi connectivity index (χ3v) is 3.99. The maximum absolute atomic E-state index is 6.04.